The van der Waals surface area contributed by atoms with E-state index in [1.807, 2.05) is 20.8 Å². The number of nitrogens with one attached hydrogen (secondary N) is 1. The SMILES string of the molecule is CCC1CCCCN1CC(=O)NC(C)(C)C. The number of rotatable bonds is 3. The molecule has 1 rings (SSSR count). The standard InChI is InChI=1S/C13H26N2O/c1-5-11-8-6-7-9-15(11)10-12(16)14-13(2,3)4/h11H,5-10H2,1-4H3,(H,14,16). The van der Waals surface area contributed by atoms with Crippen molar-refractivity contribution in [2.24, 2.45) is 0 Å². The van der Waals surface area contributed by atoms with Gasteiger partial charge in [0.15, 0.2) is 0 Å². The number of hydrogen-bond donors (Lipinski definition) is 1. The monoisotopic (exact) mass is 226 g/mol. The van der Waals surface area contributed by atoms with E-state index < -0.39 is 0 Å². The summed E-state index contributed by atoms with van der Waals surface area (Å²) in [5.74, 6) is 0.160. The Morgan fingerprint density at radius 2 is 2.06 bits per heavy atom. The first-order valence-corrected chi connectivity index (χ1v) is 6.47. The maximum Gasteiger partial charge on any atom is 0.234 e. The van der Waals surface area contributed by atoms with Crippen LogP contribution in [0.1, 0.15) is 53.4 Å². The predicted octanol–water partition coefficient (Wildman–Crippen LogP) is 2.17. The van der Waals surface area contributed by atoms with Gasteiger partial charge in [0.05, 0.1) is 6.54 Å². The fourth-order valence-electron chi connectivity index (χ4n) is 2.37. The van der Waals surface area contributed by atoms with Crippen molar-refractivity contribution in [3.8, 4) is 0 Å². The molecule has 0 aliphatic carbocycles. The van der Waals surface area contributed by atoms with Crippen LogP contribution in [0.3, 0.4) is 0 Å². The molecule has 0 aromatic rings. The third-order valence-corrected chi connectivity index (χ3v) is 3.08. The Balaban J connectivity index is 2.42. The van der Waals surface area contributed by atoms with Crippen molar-refractivity contribution in [2.75, 3.05) is 13.1 Å². The van der Waals surface area contributed by atoms with Crippen LogP contribution in [0.25, 0.3) is 0 Å². The van der Waals surface area contributed by atoms with Crippen LogP contribution in [0.2, 0.25) is 0 Å². The fraction of sp³-hybridized carbons (Fsp3) is 0.923. The third-order valence-electron chi connectivity index (χ3n) is 3.08. The molecule has 0 saturated carbocycles. The molecule has 3 heteroatoms. The van der Waals surface area contributed by atoms with Crippen molar-refractivity contribution >= 4 is 5.91 Å². The lowest BCUT2D eigenvalue weighted by Crippen LogP contribution is -2.49. The highest BCUT2D eigenvalue weighted by Gasteiger charge is 2.24. The first-order chi connectivity index (χ1) is 7.42. The summed E-state index contributed by atoms with van der Waals surface area (Å²) in [6.07, 6.45) is 4.96. The van der Waals surface area contributed by atoms with E-state index >= 15 is 0 Å². The van der Waals surface area contributed by atoms with Gasteiger partial charge in [-0.3, -0.25) is 9.69 Å². The van der Waals surface area contributed by atoms with Gasteiger partial charge in [-0.1, -0.05) is 13.3 Å². The minimum absolute atomic E-state index is 0.116. The second kappa shape index (κ2) is 5.67. The van der Waals surface area contributed by atoms with Crippen LogP contribution in [0, 0.1) is 0 Å². The number of carbonyl (C=O) groups is 1. The summed E-state index contributed by atoms with van der Waals surface area (Å²) in [6, 6.07) is 0.611. The van der Waals surface area contributed by atoms with Gasteiger partial charge in [0.1, 0.15) is 0 Å². The molecular weight excluding hydrogens is 200 g/mol. The van der Waals surface area contributed by atoms with E-state index in [9.17, 15) is 4.79 Å². The Morgan fingerprint density at radius 3 is 2.62 bits per heavy atom. The van der Waals surface area contributed by atoms with Gasteiger partial charge < -0.3 is 5.32 Å². The highest BCUT2D eigenvalue weighted by molar-refractivity contribution is 5.78. The number of carbonyl (C=O) groups excluding carboxylic acids is 1. The van der Waals surface area contributed by atoms with Crippen molar-refractivity contribution in [1.29, 1.82) is 0 Å². The maximum absolute atomic E-state index is 11.8. The average molecular weight is 226 g/mol. The summed E-state index contributed by atoms with van der Waals surface area (Å²) in [5, 5.41) is 3.03. The summed E-state index contributed by atoms with van der Waals surface area (Å²) in [7, 11) is 0. The second-order valence-corrected chi connectivity index (χ2v) is 5.83. The minimum Gasteiger partial charge on any atom is -0.350 e. The normalized spacial score (nSPS) is 23.1. The zero-order valence-corrected chi connectivity index (χ0v) is 11.2. The molecule has 1 aliphatic heterocycles. The molecule has 0 aromatic heterocycles. The average Bonchev–Trinajstić information content (AvgIpc) is 2.15. The van der Waals surface area contributed by atoms with Crippen molar-refractivity contribution in [3.63, 3.8) is 0 Å². The second-order valence-electron chi connectivity index (χ2n) is 5.83. The topological polar surface area (TPSA) is 32.3 Å². The third kappa shape index (κ3) is 4.52. The summed E-state index contributed by atoms with van der Waals surface area (Å²) in [6.45, 7) is 9.94. The van der Waals surface area contributed by atoms with Crippen LogP contribution in [0.15, 0.2) is 0 Å². The van der Waals surface area contributed by atoms with Crippen LogP contribution in [0.5, 0.6) is 0 Å². The Kier molecular flexibility index (Phi) is 4.78. The van der Waals surface area contributed by atoms with Gasteiger partial charge in [-0.25, -0.2) is 0 Å². The zero-order valence-electron chi connectivity index (χ0n) is 11.2. The van der Waals surface area contributed by atoms with Gasteiger partial charge in [0, 0.05) is 11.6 Å². The molecule has 1 heterocycles. The highest BCUT2D eigenvalue weighted by Crippen LogP contribution is 2.18. The first-order valence-electron chi connectivity index (χ1n) is 6.47. The molecule has 1 atom stereocenters. The number of piperidine rings is 1. The smallest absolute Gasteiger partial charge is 0.234 e. The van der Waals surface area contributed by atoms with Crippen molar-refractivity contribution in [1.82, 2.24) is 10.2 Å². The molecule has 0 aromatic carbocycles. The largest absolute Gasteiger partial charge is 0.350 e. The number of nitrogens with zero attached hydrogens (tertiary/aromatic N) is 1. The van der Waals surface area contributed by atoms with E-state index in [0.29, 0.717) is 12.6 Å². The van der Waals surface area contributed by atoms with Crippen LogP contribution in [0.4, 0.5) is 0 Å². The Labute approximate surface area is 99.6 Å². The molecule has 1 amide bonds. The molecule has 1 fully saturated rings. The van der Waals surface area contributed by atoms with Gasteiger partial charge in [-0.2, -0.15) is 0 Å². The van der Waals surface area contributed by atoms with Gasteiger partial charge in [-0.15, -0.1) is 0 Å². The lowest BCUT2D eigenvalue weighted by molar-refractivity contribution is -0.124. The molecule has 94 valence electrons. The molecular formula is C13H26N2O. The summed E-state index contributed by atoms with van der Waals surface area (Å²) in [5.41, 5.74) is -0.116. The van der Waals surface area contributed by atoms with E-state index in [2.05, 4.69) is 17.1 Å². The molecule has 16 heavy (non-hydrogen) atoms. The van der Waals surface area contributed by atoms with Crippen LogP contribution >= 0.6 is 0 Å². The fourth-order valence-corrected chi connectivity index (χ4v) is 2.37. The quantitative estimate of drug-likeness (QED) is 0.800. The molecule has 0 bridgehead atoms. The molecule has 0 radical (unpaired) electrons. The maximum atomic E-state index is 11.8. The molecule has 1 N–H and O–H groups in total. The predicted molar refractivity (Wildman–Crippen MR) is 67.4 cm³/mol. The van der Waals surface area contributed by atoms with Crippen LogP contribution in [-0.4, -0.2) is 35.5 Å². The number of amides is 1. The lowest BCUT2D eigenvalue weighted by Gasteiger charge is -2.35. The number of hydrogen-bond acceptors (Lipinski definition) is 2. The molecule has 1 aliphatic rings. The van der Waals surface area contributed by atoms with Crippen molar-refractivity contribution in [2.45, 2.75) is 65.0 Å². The van der Waals surface area contributed by atoms with Gasteiger partial charge >= 0.3 is 0 Å². The van der Waals surface area contributed by atoms with E-state index in [4.69, 9.17) is 0 Å². The van der Waals surface area contributed by atoms with Crippen molar-refractivity contribution in [3.05, 3.63) is 0 Å². The summed E-state index contributed by atoms with van der Waals surface area (Å²) >= 11 is 0. The molecule has 1 saturated heterocycles. The Morgan fingerprint density at radius 1 is 1.38 bits per heavy atom. The first kappa shape index (κ1) is 13.5. The van der Waals surface area contributed by atoms with Gasteiger partial charge in [0.2, 0.25) is 5.91 Å². The van der Waals surface area contributed by atoms with Crippen LogP contribution in [-0.2, 0) is 4.79 Å². The molecule has 0 spiro atoms. The van der Waals surface area contributed by atoms with Crippen LogP contribution < -0.4 is 5.32 Å². The molecule has 3 nitrogen and oxygen atoms in total. The van der Waals surface area contributed by atoms with Gasteiger partial charge in [-0.05, 0) is 46.6 Å². The van der Waals surface area contributed by atoms with E-state index in [1.165, 1.54) is 19.3 Å². The van der Waals surface area contributed by atoms with Gasteiger partial charge in [0.25, 0.3) is 0 Å². The van der Waals surface area contributed by atoms with E-state index in [-0.39, 0.29) is 11.4 Å². The minimum atomic E-state index is -0.116. The summed E-state index contributed by atoms with van der Waals surface area (Å²) < 4.78 is 0. The Bertz CT molecular complexity index is 233. The van der Waals surface area contributed by atoms with E-state index in [0.717, 1.165) is 13.0 Å². The summed E-state index contributed by atoms with van der Waals surface area (Å²) in [4.78, 5) is 14.2. The highest BCUT2D eigenvalue weighted by atomic mass is 16.2. The number of likely N-dealkylation sites (tertiary alicyclic amines) is 1. The van der Waals surface area contributed by atoms with E-state index in [1.54, 1.807) is 0 Å². The zero-order chi connectivity index (χ0) is 12.2. The molecule has 1 unspecified atom stereocenters. The van der Waals surface area contributed by atoms with Crippen molar-refractivity contribution < 1.29 is 4.79 Å². The lowest BCUT2D eigenvalue weighted by atomic mass is 10.00. The Hall–Kier alpha value is -0.570.